The van der Waals surface area contributed by atoms with Crippen LogP contribution in [0.25, 0.3) is 11.3 Å². The quantitative estimate of drug-likeness (QED) is 0.467. The van der Waals surface area contributed by atoms with Gasteiger partial charge in [0.15, 0.2) is 12.4 Å². The van der Waals surface area contributed by atoms with Gasteiger partial charge in [-0.25, -0.2) is 0 Å². The summed E-state index contributed by atoms with van der Waals surface area (Å²) in [5, 5.41) is 15.0. The van der Waals surface area contributed by atoms with Crippen molar-refractivity contribution in [1.82, 2.24) is 25.3 Å². The first-order valence-corrected chi connectivity index (χ1v) is 8.91. The van der Waals surface area contributed by atoms with E-state index in [1.54, 1.807) is 0 Å². The van der Waals surface area contributed by atoms with Crippen LogP contribution in [0.5, 0.6) is 0 Å². The normalized spacial score (nSPS) is 13.3. The van der Waals surface area contributed by atoms with Gasteiger partial charge < -0.3 is 22.3 Å². The van der Waals surface area contributed by atoms with E-state index in [2.05, 4.69) is 26.7 Å². The molecular formula is C19H23BrN6O. The Bertz CT molecular complexity index is 943. The smallest absolute Gasteiger partial charge is 0.286 e. The van der Waals surface area contributed by atoms with Gasteiger partial charge in [-0.05, 0) is 44.9 Å². The van der Waals surface area contributed by atoms with Crippen LogP contribution < -0.4 is 26.9 Å². The minimum Gasteiger partial charge on any atom is -1.00 e. The number of amides is 1. The Morgan fingerprint density at radius 2 is 2.19 bits per heavy atom. The second kappa shape index (κ2) is 8.04. The molecule has 0 spiro atoms. The van der Waals surface area contributed by atoms with Crippen LogP contribution in [-0.2, 0) is 17.9 Å². The molecule has 1 amide bonds. The van der Waals surface area contributed by atoms with E-state index >= 15 is 0 Å². The summed E-state index contributed by atoms with van der Waals surface area (Å²) in [5.41, 5.74) is 4.96. The molecule has 1 fully saturated rings. The number of aromatic nitrogens is 5. The van der Waals surface area contributed by atoms with Gasteiger partial charge in [0, 0.05) is 17.8 Å². The van der Waals surface area contributed by atoms with Crippen LogP contribution in [-0.4, -0.2) is 31.9 Å². The number of carbonyl (C=O) groups is 1. The number of carbonyl (C=O) groups excluding carboxylic acids is 1. The van der Waals surface area contributed by atoms with Crippen molar-refractivity contribution in [3.8, 4) is 11.3 Å². The first-order chi connectivity index (χ1) is 12.6. The molecule has 1 saturated carbocycles. The Hall–Kier alpha value is -2.48. The van der Waals surface area contributed by atoms with Gasteiger partial charge in [0.1, 0.15) is 0 Å². The van der Waals surface area contributed by atoms with Crippen molar-refractivity contribution in [2.45, 2.75) is 45.8 Å². The number of rotatable bonds is 6. The van der Waals surface area contributed by atoms with E-state index in [4.69, 9.17) is 0 Å². The zero-order chi connectivity index (χ0) is 18.1. The lowest BCUT2D eigenvalue weighted by Crippen LogP contribution is -3.00. The number of nitrogens with one attached hydrogen (secondary N) is 2. The number of aryl methyl sites for hydroxylation is 2. The van der Waals surface area contributed by atoms with Crippen LogP contribution in [0.1, 0.15) is 29.9 Å². The van der Waals surface area contributed by atoms with Crippen molar-refractivity contribution in [1.29, 1.82) is 0 Å². The standard InChI is InChI=1S/C19H22N6O.BrH/c1-13-8-14(2)25(23-13)11-17-9-18(22-21-17)15-4-3-7-24(10-15)12-19(26)20-16-5-6-16;/h3-4,7-10,16H,5-6,11-12H2,1-2H3,(H-,20,21,22,26);1H. The second-order valence-corrected chi connectivity index (χ2v) is 6.97. The molecule has 0 bridgehead atoms. The fourth-order valence-electron chi connectivity index (χ4n) is 3.03. The third kappa shape index (κ3) is 4.82. The summed E-state index contributed by atoms with van der Waals surface area (Å²) in [5.74, 6) is 0.0573. The highest BCUT2D eigenvalue weighted by molar-refractivity contribution is 5.75. The van der Waals surface area contributed by atoms with Gasteiger partial charge in [0.05, 0.1) is 29.2 Å². The molecule has 2 N–H and O–H groups in total. The van der Waals surface area contributed by atoms with Gasteiger partial charge in [0.2, 0.25) is 6.54 Å². The van der Waals surface area contributed by atoms with Crippen LogP contribution in [0.15, 0.2) is 36.7 Å². The molecule has 1 aliphatic rings. The first kappa shape index (κ1) is 19.3. The van der Waals surface area contributed by atoms with Crippen LogP contribution in [0, 0.1) is 13.8 Å². The lowest BCUT2D eigenvalue weighted by Gasteiger charge is -2.01. The Morgan fingerprint density at radius 1 is 1.37 bits per heavy atom. The summed E-state index contributed by atoms with van der Waals surface area (Å²) in [7, 11) is 0. The SMILES string of the molecule is Cc1cc(C)n(Cc2cc(-c3ccc[n+](CC(=O)NC4CC4)c3)n[nH]2)n1.[Br-]. The van der Waals surface area contributed by atoms with Crippen LogP contribution in [0.2, 0.25) is 0 Å². The maximum Gasteiger partial charge on any atom is 0.286 e. The summed E-state index contributed by atoms with van der Waals surface area (Å²) in [6.45, 7) is 5.02. The van der Waals surface area contributed by atoms with E-state index in [1.165, 1.54) is 0 Å². The Morgan fingerprint density at radius 3 is 2.89 bits per heavy atom. The molecule has 4 rings (SSSR count). The summed E-state index contributed by atoms with van der Waals surface area (Å²) in [6, 6.07) is 8.41. The highest BCUT2D eigenvalue weighted by atomic mass is 79.9. The third-order valence-corrected chi connectivity index (χ3v) is 4.48. The summed E-state index contributed by atoms with van der Waals surface area (Å²) >= 11 is 0. The molecule has 8 heteroatoms. The van der Waals surface area contributed by atoms with E-state index in [0.29, 0.717) is 19.1 Å². The van der Waals surface area contributed by atoms with E-state index in [0.717, 1.165) is 41.2 Å². The Labute approximate surface area is 168 Å². The van der Waals surface area contributed by atoms with E-state index < -0.39 is 0 Å². The zero-order valence-electron chi connectivity index (χ0n) is 15.4. The van der Waals surface area contributed by atoms with Crippen molar-refractivity contribution < 1.29 is 26.3 Å². The average Bonchev–Trinajstić information content (AvgIpc) is 3.18. The molecule has 3 heterocycles. The van der Waals surface area contributed by atoms with E-state index in [9.17, 15) is 4.79 Å². The lowest BCUT2D eigenvalue weighted by atomic mass is 10.2. The van der Waals surface area contributed by atoms with Crippen LogP contribution in [0.3, 0.4) is 0 Å². The number of hydrogen-bond donors (Lipinski definition) is 2. The topological polar surface area (TPSA) is 79.5 Å². The van der Waals surface area contributed by atoms with Gasteiger partial charge in [-0.1, -0.05) is 0 Å². The monoisotopic (exact) mass is 430 g/mol. The molecule has 3 aromatic rings. The molecule has 0 saturated heterocycles. The van der Waals surface area contributed by atoms with Gasteiger partial charge in [0.25, 0.3) is 5.91 Å². The van der Waals surface area contributed by atoms with Crippen molar-refractivity contribution >= 4 is 5.91 Å². The summed E-state index contributed by atoms with van der Waals surface area (Å²) in [6.07, 6.45) is 6.05. The van der Waals surface area contributed by atoms with Crippen molar-refractivity contribution in [2.24, 2.45) is 0 Å². The molecule has 142 valence electrons. The minimum atomic E-state index is 0. The molecule has 1 aliphatic carbocycles. The number of hydrogen-bond acceptors (Lipinski definition) is 3. The molecule has 0 atom stereocenters. The largest absolute Gasteiger partial charge is 1.00 e. The van der Waals surface area contributed by atoms with Gasteiger partial charge in [-0.15, -0.1) is 0 Å². The van der Waals surface area contributed by atoms with Crippen molar-refractivity contribution in [3.63, 3.8) is 0 Å². The molecule has 27 heavy (non-hydrogen) atoms. The highest BCUT2D eigenvalue weighted by Crippen LogP contribution is 2.18. The minimum absolute atomic E-state index is 0. The first-order valence-electron chi connectivity index (χ1n) is 8.91. The van der Waals surface area contributed by atoms with Crippen molar-refractivity contribution in [2.75, 3.05) is 0 Å². The third-order valence-electron chi connectivity index (χ3n) is 4.48. The number of halogens is 1. The maximum absolute atomic E-state index is 12.0. The predicted molar refractivity (Wildman–Crippen MR) is 96.2 cm³/mol. The van der Waals surface area contributed by atoms with Gasteiger partial charge in [-0.2, -0.15) is 14.8 Å². The second-order valence-electron chi connectivity index (χ2n) is 6.97. The number of aromatic amines is 1. The number of nitrogens with zero attached hydrogens (tertiary/aromatic N) is 4. The molecule has 0 unspecified atom stereocenters. The average molecular weight is 431 g/mol. The fourth-order valence-corrected chi connectivity index (χ4v) is 3.03. The van der Waals surface area contributed by atoms with Gasteiger partial charge >= 0.3 is 0 Å². The Kier molecular flexibility index (Phi) is 5.74. The molecule has 0 aromatic carbocycles. The molecule has 7 nitrogen and oxygen atoms in total. The Balaban J connectivity index is 0.00000210. The molecule has 0 aliphatic heterocycles. The zero-order valence-corrected chi connectivity index (χ0v) is 17.0. The van der Waals surface area contributed by atoms with E-state index in [-0.39, 0.29) is 22.9 Å². The number of pyridine rings is 1. The van der Waals surface area contributed by atoms with Crippen LogP contribution >= 0.6 is 0 Å². The van der Waals surface area contributed by atoms with Crippen molar-refractivity contribution in [3.05, 3.63) is 53.7 Å². The van der Waals surface area contributed by atoms with E-state index in [1.807, 2.05) is 53.7 Å². The maximum atomic E-state index is 12.0. The van der Waals surface area contributed by atoms with Crippen LogP contribution in [0.4, 0.5) is 0 Å². The van der Waals surface area contributed by atoms with Gasteiger partial charge in [-0.3, -0.25) is 14.6 Å². The highest BCUT2D eigenvalue weighted by Gasteiger charge is 2.24. The predicted octanol–water partition coefficient (Wildman–Crippen LogP) is -1.49. The molecule has 0 radical (unpaired) electrons. The number of H-pyrrole nitrogens is 1. The summed E-state index contributed by atoms with van der Waals surface area (Å²) in [4.78, 5) is 12.0. The molecule has 3 aromatic heterocycles. The lowest BCUT2D eigenvalue weighted by molar-refractivity contribution is -0.684. The summed E-state index contributed by atoms with van der Waals surface area (Å²) < 4.78 is 3.85. The molecular weight excluding hydrogens is 408 g/mol. The fraction of sp³-hybridized carbons (Fsp3) is 0.368.